The van der Waals surface area contributed by atoms with Gasteiger partial charge in [-0.25, -0.2) is 0 Å². The summed E-state index contributed by atoms with van der Waals surface area (Å²) in [6.45, 7) is 1.52. The zero-order valence-electron chi connectivity index (χ0n) is 10.7. The van der Waals surface area contributed by atoms with Crippen molar-refractivity contribution >= 4 is 11.6 Å². The lowest BCUT2D eigenvalue weighted by molar-refractivity contribution is -0.123. The third-order valence-corrected chi connectivity index (χ3v) is 3.10. The summed E-state index contributed by atoms with van der Waals surface area (Å²) in [5, 5.41) is 1.89. The summed E-state index contributed by atoms with van der Waals surface area (Å²) < 4.78 is 0. The molecule has 1 atom stereocenters. The third kappa shape index (κ3) is 2.12. The van der Waals surface area contributed by atoms with E-state index in [4.69, 9.17) is 0 Å². The third-order valence-electron chi connectivity index (χ3n) is 3.10. The van der Waals surface area contributed by atoms with Crippen LogP contribution in [0.15, 0.2) is 61.0 Å². The summed E-state index contributed by atoms with van der Waals surface area (Å²) in [5.41, 5.74) is 4.95. The highest BCUT2D eigenvalue weighted by molar-refractivity contribution is 5.76. The molecule has 0 bridgehead atoms. The molecule has 0 aliphatic carbocycles. The highest BCUT2D eigenvalue weighted by Crippen LogP contribution is 2.30. The quantitative estimate of drug-likeness (QED) is 0.876. The van der Waals surface area contributed by atoms with E-state index in [0.29, 0.717) is 0 Å². The topological polar surface area (TPSA) is 35.6 Å². The molecule has 0 radical (unpaired) electrons. The number of fused-ring (bicyclic) bond motifs is 1. The van der Waals surface area contributed by atoms with Crippen LogP contribution in [0.1, 0.15) is 12.5 Å². The molecule has 0 aromatic heterocycles. The minimum absolute atomic E-state index is 0.00380. The van der Waals surface area contributed by atoms with E-state index in [1.165, 1.54) is 6.92 Å². The molecule has 19 heavy (non-hydrogen) atoms. The summed E-state index contributed by atoms with van der Waals surface area (Å²) in [4.78, 5) is 13.5. The lowest BCUT2D eigenvalue weighted by Crippen LogP contribution is -2.47. The van der Waals surface area contributed by atoms with Crippen LogP contribution in [0.3, 0.4) is 0 Å². The number of allylic oxidation sites excluding steroid dienone is 2. The van der Waals surface area contributed by atoms with Crippen LogP contribution in [0.4, 0.5) is 0 Å². The van der Waals surface area contributed by atoms with Gasteiger partial charge in [0.1, 0.15) is 6.17 Å². The minimum atomic E-state index is -0.0772. The number of nitrogens with zero attached hydrogens (tertiary/aromatic N) is 2. The van der Waals surface area contributed by atoms with Crippen LogP contribution in [0.5, 0.6) is 0 Å². The predicted molar refractivity (Wildman–Crippen MR) is 74.0 cm³/mol. The first kappa shape index (κ1) is 11.6. The van der Waals surface area contributed by atoms with E-state index in [0.717, 1.165) is 11.3 Å². The molecule has 96 valence electrons. The van der Waals surface area contributed by atoms with Crippen LogP contribution in [0, 0.1) is 0 Å². The Bertz CT molecular complexity index is 574. The van der Waals surface area contributed by atoms with Crippen LogP contribution in [0.2, 0.25) is 0 Å². The predicted octanol–water partition coefficient (Wildman–Crippen LogP) is 2.06. The molecule has 2 aliphatic heterocycles. The van der Waals surface area contributed by atoms with Crippen molar-refractivity contribution in [1.29, 1.82) is 0 Å². The van der Waals surface area contributed by atoms with Crippen LogP contribution in [-0.2, 0) is 4.79 Å². The molecular formula is C15H15N3O. The molecule has 1 unspecified atom stereocenters. The van der Waals surface area contributed by atoms with Gasteiger partial charge in [0.15, 0.2) is 0 Å². The van der Waals surface area contributed by atoms with Crippen molar-refractivity contribution in [3.63, 3.8) is 0 Å². The number of hydrogen-bond acceptors (Lipinski definition) is 3. The maximum absolute atomic E-state index is 11.4. The summed E-state index contributed by atoms with van der Waals surface area (Å²) in [7, 11) is 0. The maximum atomic E-state index is 11.4. The summed E-state index contributed by atoms with van der Waals surface area (Å²) in [6.07, 6.45) is 10.0. The Morgan fingerprint density at radius 2 is 2.00 bits per heavy atom. The highest BCUT2D eigenvalue weighted by Gasteiger charge is 2.31. The van der Waals surface area contributed by atoms with Crippen LogP contribution < -0.4 is 5.43 Å². The fourth-order valence-corrected chi connectivity index (χ4v) is 2.30. The van der Waals surface area contributed by atoms with Gasteiger partial charge in [0.05, 0.1) is 5.70 Å². The first-order valence-electron chi connectivity index (χ1n) is 6.22. The second-order valence-corrected chi connectivity index (χ2v) is 4.51. The summed E-state index contributed by atoms with van der Waals surface area (Å²) in [5.74, 6) is -0.0772. The molecule has 2 aliphatic rings. The van der Waals surface area contributed by atoms with Crippen molar-refractivity contribution in [3.05, 3.63) is 66.5 Å². The molecule has 3 rings (SSSR count). The van der Waals surface area contributed by atoms with E-state index in [1.807, 2.05) is 66.0 Å². The highest BCUT2D eigenvalue weighted by atomic mass is 16.2. The number of carbonyl (C=O) groups is 1. The van der Waals surface area contributed by atoms with E-state index in [1.54, 1.807) is 0 Å². The first-order valence-corrected chi connectivity index (χ1v) is 6.22. The molecule has 0 spiro atoms. The molecule has 1 aromatic carbocycles. The van der Waals surface area contributed by atoms with Gasteiger partial charge in [-0.3, -0.25) is 15.2 Å². The van der Waals surface area contributed by atoms with Gasteiger partial charge in [0, 0.05) is 24.9 Å². The average Bonchev–Trinajstić information content (AvgIpc) is 2.78. The zero-order valence-corrected chi connectivity index (χ0v) is 10.7. The van der Waals surface area contributed by atoms with Gasteiger partial charge in [0.2, 0.25) is 5.91 Å². The van der Waals surface area contributed by atoms with Crippen LogP contribution in [-0.4, -0.2) is 22.0 Å². The van der Waals surface area contributed by atoms with E-state index in [2.05, 4.69) is 10.3 Å². The van der Waals surface area contributed by atoms with Gasteiger partial charge in [0.25, 0.3) is 0 Å². The fourth-order valence-electron chi connectivity index (χ4n) is 2.30. The Morgan fingerprint density at radius 3 is 2.74 bits per heavy atom. The molecule has 0 saturated heterocycles. The second kappa shape index (κ2) is 4.65. The minimum Gasteiger partial charge on any atom is -0.327 e. The lowest BCUT2D eigenvalue weighted by atomic mass is 10.2. The van der Waals surface area contributed by atoms with E-state index in [9.17, 15) is 4.79 Å². The van der Waals surface area contributed by atoms with E-state index < -0.39 is 0 Å². The van der Waals surface area contributed by atoms with Crippen molar-refractivity contribution in [2.75, 3.05) is 0 Å². The molecule has 2 heterocycles. The first-order chi connectivity index (χ1) is 9.25. The van der Waals surface area contributed by atoms with E-state index >= 15 is 0 Å². The molecule has 4 nitrogen and oxygen atoms in total. The van der Waals surface area contributed by atoms with Gasteiger partial charge in [-0.1, -0.05) is 36.4 Å². The number of carbonyl (C=O) groups excluding carboxylic acids is 1. The Balaban J connectivity index is 1.98. The zero-order chi connectivity index (χ0) is 13.2. The average molecular weight is 253 g/mol. The molecule has 1 amide bonds. The standard InChI is InChI=1S/C15H15N3O/c1-12(19)16-18-14(13-7-3-2-4-8-13)11-17-10-6-5-9-15(17)18/h2-11,15H,1H3,(H,16,19). The summed E-state index contributed by atoms with van der Waals surface area (Å²) in [6, 6.07) is 10.0. The second-order valence-electron chi connectivity index (χ2n) is 4.51. The molecular weight excluding hydrogens is 238 g/mol. The number of benzene rings is 1. The SMILES string of the molecule is CC(=O)NN1C(c2ccccc2)=CN2C=CC=CC21. The fraction of sp³-hybridized carbons (Fsp3) is 0.133. The van der Waals surface area contributed by atoms with Crippen molar-refractivity contribution in [2.45, 2.75) is 13.1 Å². The number of rotatable bonds is 2. The molecule has 0 saturated carbocycles. The van der Waals surface area contributed by atoms with Gasteiger partial charge < -0.3 is 4.90 Å². The lowest BCUT2D eigenvalue weighted by Gasteiger charge is -2.31. The Hall–Kier alpha value is -2.49. The van der Waals surface area contributed by atoms with Crippen molar-refractivity contribution in [1.82, 2.24) is 15.3 Å². The van der Waals surface area contributed by atoms with Gasteiger partial charge in [-0.2, -0.15) is 0 Å². The van der Waals surface area contributed by atoms with Gasteiger partial charge in [-0.05, 0) is 12.2 Å². The molecule has 1 aromatic rings. The van der Waals surface area contributed by atoms with Crippen molar-refractivity contribution < 1.29 is 4.79 Å². The van der Waals surface area contributed by atoms with Crippen LogP contribution in [0.25, 0.3) is 5.70 Å². The largest absolute Gasteiger partial charge is 0.327 e. The van der Waals surface area contributed by atoms with E-state index in [-0.39, 0.29) is 12.1 Å². The molecule has 4 heteroatoms. The molecule has 1 N–H and O–H groups in total. The number of hydrazine groups is 1. The smallest absolute Gasteiger partial charge is 0.235 e. The maximum Gasteiger partial charge on any atom is 0.235 e. The van der Waals surface area contributed by atoms with Crippen molar-refractivity contribution in [2.24, 2.45) is 0 Å². The Kier molecular flexibility index (Phi) is 2.83. The van der Waals surface area contributed by atoms with Crippen LogP contribution >= 0.6 is 0 Å². The number of nitrogens with one attached hydrogen (secondary N) is 1. The van der Waals surface area contributed by atoms with Gasteiger partial charge >= 0.3 is 0 Å². The number of amides is 1. The monoisotopic (exact) mass is 253 g/mol. The Labute approximate surface area is 112 Å². The molecule has 0 fully saturated rings. The Morgan fingerprint density at radius 1 is 1.21 bits per heavy atom. The van der Waals surface area contributed by atoms with Crippen molar-refractivity contribution in [3.8, 4) is 0 Å². The van der Waals surface area contributed by atoms with Gasteiger partial charge in [-0.15, -0.1) is 0 Å². The normalized spacial score (nSPS) is 20.3. The summed E-state index contributed by atoms with van der Waals surface area (Å²) >= 11 is 0. The number of hydrogen-bond donors (Lipinski definition) is 1.